The lowest BCUT2D eigenvalue weighted by atomic mass is 9.89. The highest BCUT2D eigenvalue weighted by Gasteiger charge is 2.41. The van der Waals surface area contributed by atoms with Crippen LogP contribution in [0, 0.1) is 19.8 Å². The zero-order chi connectivity index (χ0) is 17.4. The van der Waals surface area contributed by atoms with Crippen LogP contribution in [0.2, 0.25) is 0 Å². The van der Waals surface area contributed by atoms with Crippen molar-refractivity contribution >= 4 is 11.9 Å². The Morgan fingerprint density at radius 3 is 2.38 bits per heavy atom. The Morgan fingerprint density at radius 1 is 1.17 bits per heavy atom. The molecule has 2 atom stereocenters. The van der Waals surface area contributed by atoms with Crippen LogP contribution in [-0.2, 0) is 11.8 Å². The number of rotatable bonds is 3. The highest BCUT2D eigenvalue weighted by molar-refractivity contribution is 5.97. The van der Waals surface area contributed by atoms with Crippen molar-refractivity contribution in [3.8, 4) is 0 Å². The number of aliphatic carboxylic acids is 1. The summed E-state index contributed by atoms with van der Waals surface area (Å²) in [6.45, 7) is 4.29. The van der Waals surface area contributed by atoms with Crippen molar-refractivity contribution < 1.29 is 14.7 Å². The van der Waals surface area contributed by atoms with Gasteiger partial charge in [-0.25, -0.2) is 0 Å². The molecule has 1 N–H and O–H groups in total. The molecule has 1 fully saturated rings. The smallest absolute Gasteiger partial charge is 0.308 e. The summed E-state index contributed by atoms with van der Waals surface area (Å²) >= 11 is 0. The van der Waals surface area contributed by atoms with E-state index in [9.17, 15) is 14.7 Å². The summed E-state index contributed by atoms with van der Waals surface area (Å²) in [6.07, 6.45) is 0. The van der Waals surface area contributed by atoms with Gasteiger partial charge < -0.3 is 10.0 Å². The van der Waals surface area contributed by atoms with Crippen LogP contribution in [0.1, 0.15) is 33.2 Å². The maximum atomic E-state index is 12.9. The van der Waals surface area contributed by atoms with E-state index < -0.39 is 11.9 Å². The van der Waals surface area contributed by atoms with Crippen molar-refractivity contribution in [1.29, 1.82) is 0 Å². The fraction of sp³-hybridized carbons (Fsp3) is 0.389. The standard InChI is InChI=1S/C18H21N3O3/c1-11-16(12(2)20(3)19-11)17(22)21-9-14(15(10-21)18(23)24)13-7-5-4-6-8-13/h4-8,14-15H,9-10H2,1-3H3,(H,23,24). The zero-order valence-electron chi connectivity index (χ0n) is 14.1. The molecule has 3 rings (SSSR count). The molecule has 0 aliphatic carbocycles. The molecule has 6 heteroatoms. The van der Waals surface area contributed by atoms with Crippen molar-refractivity contribution in [1.82, 2.24) is 14.7 Å². The van der Waals surface area contributed by atoms with E-state index in [0.717, 1.165) is 11.3 Å². The highest BCUT2D eigenvalue weighted by atomic mass is 16.4. The van der Waals surface area contributed by atoms with Crippen LogP contribution in [-0.4, -0.2) is 44.8 Å². The molecule has 0 radical (unpaired) electrons. The summed E-state index contributed by atoms with van der Waals surface area (Å²) in [5.74, 6) is -1.78. The molecule has 1 amide bonds. The predicted octanol–water partition coefficient (Wildman–Crippen LogP) is 1.98. The molecular weight excluding hydrogens is 306 g/mol. The molecule has 2 heterocycles. The lowest BCUT2D eigenvalue weighted by Gasteiger charge is -2.17. The molecule has 1 aromatic heterocycles. The van der Waals surface area contributed by atoms with E-state index in [4.69, 9.17) is 0 Å². The van der Waals surface area contributed by atoms with Crippen LogP contribution < -0.4 is 0 Å². The minimum absolute atomic E-state index is 0.136. The van der Waals surface area contributed by atoms with Gasteiger partial charge in [0.25, 0.3) is 5.91 Å². The van der Waals surface area contributed by atoms with Crippen molar-refractivity contribution in [3.05, 3.63) is 52.8 Å². The Morgan fingerprint density at radius 2 is 1.83 bits per heavy atom. The molecule has 1 aliphatic rings. The van der Waals surface area contributed by atoms with Crippen LogP contribution in [0.5, 0.6) is 0 Å². The number of amides is 1. The van der Waals surface area contributed by atoms with Crippen molar-refractivity contribution in [3.63, 3.8) is 0 Å². The summed E-state index contributed by atoms with van der Waals surface area (Å²) in [7, 11) is 1.80. The Bertz CT molecular complexity index is 782. The van der Waals surface area contributed by atoms with Gasteiger partial charge in [-0.05, 0) is 19.4 Å². The summed E-state index contributed by atoms with van der Waals surface area (Å²) in [4.78, 5) is 26.2. The van der Waals surface area contributed by atoms with Gasteiger partial charge in [0.2, 0.25) is 0 Å². The van der Waals surface area contributed by atoms with Gasteiger partial charge in [-0.2, -0.15) is 5.10 Å². The van der Waals surface area contributed by atoms with Crippen LogP contribution in [0.4, 0.5) is 0 Å². The lowest BCUT2D eigenvalue weighted by molar-refractivity contribution is -0.141. The Labute approximate surface area is 140 Å². The van der Waals surface area contributed by atoms with Gasteiger partial charge in [0.05, 0.1) is 17.2 Å². The molecule has 24 heavy (non-hydrogen) atoms. The first kappa shape index (κ1) is 16.2. The van der Waals surface area contributed by atoms with Gasteiger partial charge in [-0.1, -0.05) is 30.3 Å². The van der Waals surface area contributed by atoms with Gasteiger partial charge in [0.15, 0.2) is 0 Å². The average molecular weight is 327 g/mol. The van der Waals surface area contributed by atoms with Crippen LogP contribution >= 0.6 is 0 Å². The van der Waals surface area contributed by atoms with E-state index in [1.54, 1.807) is 23.6 Å². The number of carboxylic acids is 1. The van der Waals surface area contributed by atoms with E-state index >= 15 is 0 Å². The van der Waals surface area contributed by atoms with Crippen molar-refractivity contribution in [2.24, 2.45) is 13.0 Å². The molecule has 1 saturated heterocycles. The van der Waals surface area contributed by atoms with E-state index in [1.807, 2.05) is 37.3 Å². The first-order valence-electron chi connectivity index (χ1n) is 7.97. The molecular formula is C18H21N3O3. The molecule has 2 unspecified atom stereocenters. The van der Waals surface area contributed by atoms with Crippen LogP contribution in [0.3, 0.4) is 0 Å². The number of benzene rings is 1. The molecule has 0 bridgehead atoms. The van der Waals surface area contributed by atoms with Gasteiger partial charge in [-0.15, -0.1) is 0 Å². The Kier molecular flexibility index (Phi) is 4.13. The normalized spacial score (nSPS) is 20.4. The quantitative estimate of drug-likeness (QED) is 0.935. The number of hydrogen-bond donors (Lipinski definition) is 1. The number of nitrogens with zero attached hydrogens (tertiary/aromatic N) is 3. The first-order valence-corrected chi connectivity index (χ1v) is 7.97. The van der Waals surface area contributed by atoms with E-state index in [2.05, 4.69) is 5.10 Å². The maximum Gasteiger partial charge on any atom is 0.308 e. The minimum Gasteiger partial charge on any atom is -0.481 e. The first-order chi connectivity index (χ1) is 11.4. The monoisotopic (exact) mass is 327 g/mol. The second-order valence-corrected chi connectivity index (χ2v) is 6.34. The molecule has 126 valence electrons. The van der Waals surface area contributed by atoms with E-state index in [0.29, 0.717) is 17.8 Å². The van der Waals surface area contributed by atoms with Crippen molar-refractivity contribution in [2.45, 2.75) is 19.8 Å². The fourth-order valence-corrected chi connectivity index (χ4v) is 3.50. The molecule has 6 nitrogen and oxygen atoms in total. The topological polar surface area (TPSA) is 75.4 Å². The third-order valence-electron chi connectivity index (χ3n) is 4.87. The second kappa shape index (κ2) is 6.11. The zero-order valence-corrected chi connectivity index (χ0v) is 14.1. The average Bonchev–Trinajstić information content (AvgIpc) is 3.10. The SMILES string of the molecule is Cc1nn(C)c(C)c1C(=O)N1CC(C(=O)O)C(c2ccccc2)C1. The Balaban J connectivity index is 1.91. The van der Waals surface area contributed by atoms with Crippen LogP contribution in [0.15, 0.2) is 30.3 Å². The van der Waals surface area contributed by atoms with E-state index in [-0.39, 0.29) is 18.4 Å². The third kappa shape index (κ3) is 2.68. The van der Waals surface area contributed by atoms with E-state index in [1.165, 1.54) is 0 Å². The molecule has 1 aliphatic heterocycles. The summed E-state index contributed by atoms with van der Waals surface area (Å²) in [5.41, 5.74) is 3.01. The number of likely N-dealkylation sites (tertiary alicyclic amines) is 1. The Hall–Kier alpha value is -2.63. The summed E-state index contributed by atoms with van der Waals surface area (Å²) in [5, 5.41) is 13.9. The van der Waals surface area contributed by atoms with Crippen molar-refractivity contribution in [2.75, 3.05) is 13.1 Å². The number of aryl methyl sites for hydroxylation is 2. The lowest BCUT2D eigenvalue weighted by Crippen LogP contribution is -2.30. The number of carbonyl (C=O) groups excluding carboxylic acids is 1. The molecule has 1 aromatic carbocycles. The number of carboxylic acid groups (broad SMARTS) is 1. The number of hydrogen-bond acceptors (Lipinski definition) is 3. The number of carbonyl (C=O) groups is 2. The molecule has 2 aromatic rings. The van der Waals surface area contributed by atoms with Gasteiger partial charge in [-0.3, -0.25) is 14.3 Å². The van der Waals surface area contributed by atoms with Gasteiger partial charge >= 0.3 is 5.97 Å². The van der Waals surface area contributed by atoms with Gasteiger partial charge in [0.1, 0.15) is 0 Å². The second-order valence-electron chi connectivity index (χ2n) is 6.34. The summed E-state index contributed by atoms with van der Waals surface area (Å²) < 4.78 is 1.68. The van der Waals surface area contributed by atoms with Crippen LogP contribution in [0.25, 0.3) is 0 Å². The fourth-order valence-electron chi connectivity index (χ4n) is 3.50. The maximum absolute atomic E-state index is 12.9. The number of aromatic nitrogens is 2. The van der Waals surface area contributed by atoms with Gasteiger partial charge in [0, 0.05) is 31.7 Å². The largest absolute Gasteiger partial charge is 0.481 e. The molecule has 0 spiro atoms. The third-order valence-corrected chi connectivity index (χ3v) is 4.87. The summed E-state index contributed by atoms with van der Waals surface area (Å²) in [6, 6.07) is 9.55. The molecule has 0 saturated carbocycles. The highest BCUT2D eigenvalue weighted by Crippen LogP contribution is 2.34. The minimum atomic E-state index is -0.862. The predicted molar refractivity (Wildman–Crippen MR) is 88.9 cm³/mol.